The zero-order valence-corrected chi connectivity index (χ0v) is 21.3. The lowest BCUT2D eigenvalue weighted by Crippen LogP contribution is -2.49. The molecule has 1 N–H and O–H groups in total. The first-order chi connectivity index (χ1) is 17.4. The van der Waals surface area contributed by atoms with Crippen LogP contribution in [0.3, 0.4) is 0 Å². The van der Waals surface area contributed by atoms with Crippen LogP contribution in [0.25, 0.3) is 5.69 Å². The van der Waals surface area contributed by atoms with Crippen LogP contribution < -0.4 is 15.0 Å². The third-order valence-electron chi connectivity index (χ3n) is 5.76. The number of amides is 1. The van der Waals surface area contributed by atoms with Crippen LogP contribution in [0, 0.1) is 31.5 Å². The molecule has 1 unspecified atom stereocenters. The molecule has 1 atom stereocenters. The number of thiol groups is 1. The van der Waals surface area contributed by atoms with Crippen LogP contribution >= 0.6 is 24.2 Å². The first kappa shape index (κ1) is 23.9. The number of nitrogens with one attached hydrogen (secondary N) is 1. The smallest absolute Gasteiger partial charge is 0.265 e. The summed E-state index contributed by atoms with van der Waals surface area (Å²) in [4.78, 5) is 19.9. The van der Waals surface area contributed by atoms with Crippen molar-refractivity contribution in [3.63, 3.8) is 0 Å². The summed E-state index contributed by atoms with van der Waals surface area (Å²) in [6, 6.07) is 11.3. The Morgan fingerprint density at radius 3 is 2.61 bits per heavy atom. The fourth-order valence-electron chi connectivity index (χ4n) is 3.97. The summed E-state index contributed by atoms with van der Waals surface area (Å²) in [6.45, 7) is 3.78. The summed E-state index contributed by atoms with van der Waals surface area (Å²) in [5, 5.41) is 3.82. The number of hydrogen-bond donors (Lipinski definition) is 2. The first-order valence-electron chi connectivity index (χ1n) is 10.9. The first-order valence-corrected chi connectivity index (χ1v) is 12.1. The summed E-state index contributed by atoms with van der Waals surface area (Å²) in [6.07, 6.45) is 2.80. The van der Waals surface area contributed by atoms with E-state index in [1.54, 1.807) is 13.4 Å². The number of thiophene rings is 1. The summed E-state index contributed by atoms with van der Waals surface area (Å²) in [5.41, 5.74) is 4.27. The largest absolute Gasteiger partial charge is 0.495 e. The number of fused-ring (bicyclic) bond motifs is 1. The Kier molecular flexibility index (Phi) is 6.45. The molecule has 7 nitrogen and oxygen atoms in total. The maximum Gasteiger partial charge on any atom is 0.265 e. The zero-order chi connectivity index (χ0) is 25.4. The molecule has 0 aliphatic carbocycles. The van der Waals surface area contributed by atoms with E-state index in [9.17, 15) is 9.18 Å². The number of methoxy groups -OCH3 is 1. The van der Waals surface area contributed by atoms with Crippen LogP contribution in [0.4, 0.5) is 15.1 Å². The number of benzene rings is 2. The number of aryl methyl sites for hydroxylation is 1. The van der Waals surface area contributed by atoms with Gasteiger partial charge in [-0.05, 0) is 74.8 Å². The number of ether oxygens (including phenoxy) is 1. The van der Waals surface area contributed by atoms with Gasteiger partial charge in [-0.2, -0.15) is 0 Å². The predicted octanol–water partition coefficient (Wildman–Crippen LogP) is 5.32. The number of nitrogens with zero attached hydrogens (tertiary/aromatic N) is 3. The van der Waals surface area contributed by atoms with Crippen molar-refractivity contribution in [1.82, 2.24) is 9.55 Å². The van der Waals surface area contributed by atoms with E-state index in [4.69, 9.17) is 8.92 Å². The van der Waals surface area contributed by atoms with Gasteiger partial charge in [0.1, 0.15) is 16.6 Å². The van der Waals surface area contributed by atoms with E-state index in [1.807, 2.05) is 42.8 Å². The van der Waals surface area contributed by atoms with E-state index < -0.39 is 12.2 Å². The second-order valence-electron chi connectivity index (χ2n) is 8.07. The minimum Gasteiger partial charge on any atom is -0.495 e. The highest BCUT2D eigenvalue weighted by molar-refractivity contribution is 7.75. The number of carbonyl (C=O) groups excluding carboxylic acids is 1. The van der Waals surface area contributed by atoms with Crippen molar-refractivity contribution >= 4 is 40.8 Å². The molecule has 2 aromatic heterocycles. The van der Waals surface area contributed by atoms with E-state index in [0.29, 0.717) is 22.0 Å². The molecule has 10 heteroatoms. The second kappa shape index (κ2) is 9.70. The van der Waals surface area contributed by atoms with E-state index in [2.05, 4.69) is 35.1 Å². The highest BCUT2D eigenvalue weighted by atomic mass is 32.1. The van der Waals surface area contributed by atoms with Crippen LogP contribution in [-0.2, 0) is 4.18 Å². The van der Waals surface area contributed by atoms with Crippen molar-refractivity contribution in [3.8, 4) is 23.3 Å². The SMILES string of the molecule is COc1cc(C#Cc2sc3c(c2C)C(=O)N(c2ccc(F)cc2)C(OS)N3)ccc1-n1cnc(C)c1. The quantitative estimate of drug-likeness (QED) is 0.217. The molecule has 0 saturated heterocycles. The summed E-state index contributed by atoms with van der Waals surface area (Å²) >= 11 is 5.30. The maximum absolute atomic E-state index is 13.5. The average molecular weight is 521 g/mol. The number of imidazole rings is 1. The minimum atomic E-state index is -0.860. The molecular formula is C26H21FN4O3S2. The maximum atomic E-state index is 13.5. The van der Waals surface area contributed by atoms with Gasteiger partial charge in [0.25, 0.3) is 5.91 Å². The third-order valence-corrected chi connectivity index (χ3v) is 7.10. The van der Waals surface area contributed by atoms with Crippen LogP contribution in [0.5, 0.6) is 5.75 Å². The number of rotatable bonds is 4. The van der Waals surface area contributed by atoms with Crippen molar-refractivity contribution in [1.29, 1.82) is 0 Å². The van der Waals surface area contributed by atoms with Gasteiger partial charge in [0.15, 0.2) is 0 Å². The van der Waals surface area contributed by atoms with Gasteiger partial charge in [-0.15, -0.1) is 11.3 Å². The topological polar surface area (TPSA) is 68.6 Å². The molecule has 0 radical (unpaired) electrons. The summed E-state index contributed by atoms with van der Waals surface area (Å²) < 4.78 is 26.1. The predicted molar refractivity (Wildman–Crippen MR) is 141 cm³/mol. The van der Waals surface area contributed by atoms with Crippen LogP contribution in [0.15, 0.2) is 55.0 Å². The Bertz CT molecular complexity index is 1520. The number of aromatic nitrogens is 2. The lowest BCUT2D eigenvalue weighted by atomic mass is 10.1. The molecule has 0 bridgehead atoms. The van der Waals surface area contributed by atoms with Crippen LogP contribution in [0.2, 0.25) is 0 Å². The van der Waals surface area contributed by atoms with Gasteiger partial charge in [-0.25, -0.2) is 9.37 Å². The molecule has 4 aromatic rings. The monoisotopic (exact) mass is 520 g/mol. The highest BCUT2D eigenvalue weighted by Crippen LogP contribution is 2.39. The second-order valence-corrected chi connectivity index (χ2v) is 9.30. The molecule has 2 aromatic carbocycles. The molecule has 36 heavy (non-hydrogen) atoms. The standard InChI is InChI=1S/C26H21FN4O3S2/c1-15-13-30(14-28-15)20-10-4-17(12-21(20)33-3)5-11-22-16(2)23-24(36-22)29-26(34-35)31(25(23)32)19-8-6-18(27)7-9-19/h4,6-10,12-14,26,29,35H,1-3H3. The van der Waals surface area contributed by atoms with Gasteiger partial charge >= 0.3 is 0 Å². The van der Waals surface area contributed by atoms with Gasteiger partial charge in [-0.3, -0.25) is 13.9 Å². The minimum absolute atomic E-state index is 0.280. The average Bonchev–Trinajstić information content (AvgIpc) is 3.45. The molecule has 182 valence electrons. The fourth-order valence-corrected chi connectivity index (χ4v) is 5.18. The van der Waals surface area contributed by atoms with E-state index in [0.717, 1.165) is 27.4 Å². The number of carbonyl (C=O) groups is 1. The van der Waals surface area contributed by atoms with Crippen molar-refractivity contribution in [3.05, 3.63) is 88.1 Å². The number of hydrogen-bond acceptors (Lipinski definition) is 7. The molecular weight excluding hydrogens is 499 g/mol. The summed E-state index contributed by atoms with van der Waals surface area (Å²) in [5.74, 6) is 6.36. The molecule has 0 saturated carbocycles. The highest BCUT2D eigenvalue weighted by Gasteiger charge is 2.37. The van der Waals surface area contributed by atoms with Crippen molar-refractivity contribution in [2.24, 2.45) is 0 Å². The Balaban J connectivity index is 1.47. The normalized spacial score (nSPS) is 14.6. The molecule has 3 heterocycles. The Morgan fingerprint density at radius 2 is 1.94 bits per heavy atom. The number of halogens is 1. The van der Waals surface area contributed by atoms with E-state index >= 15 is 0 Å². The molecule has 0 spiro atoms. The van der Waals surface area contributed by atoms with Crippen LogP contribution in [0.1, 0.15) is 32.1 Å². The van der Waals surface area contributed by atoms with Gasteiger partial charge in [0, 0.05) is 17.4 Å². The van der Waals surface area contributed by atoms with Crippen molar-refractivity contribution < 1.29 is 18.1 Å². The Labute approximate surface area is 217 Å². The lowest BCUT2D eigenvalue weighted by Gasteiger charge is -2.34. The molecule has 5 rings (SSSR count). The van der Waals surface area contributed by atoms with Gasteiger partial charge in [0.05, 0.1) is 35.3 Å². The Hall–Kier alpha value is -3.78. The van der Waals surface area contributed by atoms with Gasteiger partial charge in [0.2, 0.25) is 6.35 Å². The Morgan fingerprint density at radius 1 is 1.17 bits per heavy atom. The van der Waals surface area contributed by atoms with Crippen molar-refractivity contribution in [2.75, 3.05) is 17.3 Å². The molecule has 1 amide bonds. The zero-order valence-electron chi connectivity index (χ0n) is 19.6. The van der Waals surface area contributed by atoms with E-state index in [-0.39, 0.29) is 5.91 Å². The number of anilines is 2. The van der Waals surface area contributed by atoms with Crippen molar-refractivity contribution in [2.45, 2.75) is 20.2 Å². The summed E-state index contributed by atoms with van der Waals surface area (Å²) in [7, 11) is 1.61. The lowest BCUT2D eigenvalue weighted by molar-refractivity contribution is 0.0934. The van der Waals surface area contributed by atoms with Crippen LogP contribution in [-0.4, -0.2) is 28.9 Å². The fraction of sp³-hybridized carbons (Fsp3) is 0.154. The molecule has 1 aliphatic heterocycles. The van der Waals surface area contributed by atoms with Gasteiger partial charge < -0.3 is 14.6 Å². The molecule has 1 aliphatic rings. The van der Waals surface area contributed by atoms with Gasteiger partial charge in [-0.1, -0.05) is 11.8 Å². The third kappa shape index (κ3) is 4.33. The van der Waals surface area contributed by atoms with E-state index in [1.165, 1.54) is 40.5 Å². The molecule has 0 fully saturated rings.